The first kappa shape index (κ1) is 15.8. The minimum absolute atomic E-state index is 0.191. The molecule has 0 atom stereocenters. The van der Waals surface area contributed by atoms with Gasteiger partial charge >= 0.3 is 5.97 Å². The Kier molecular flexibility index (Phi) is 3.82. The summed E-state index contributed by atoms with van der Waals surface area (Å²) in [6.07, 6.45) is 0. The minimum atomic E-state index is -0.969. The zero-order valence-electron chi connectivity index (χ0n) is 13.6. The Hall–Kier alpha value is -3.73. The molecular formula is C21H14N2O3. The third-order valence-corrected chi connectivity index (χ3v) is 4.19. The smallest absolute Gasteiger partial charge is 0.335 e. The quantitative estimate of drug-likeness (QED) is 0.590. The summed E-state index contributed by atoms with van der Waals surface area (Å²) in [6, 6.07) is 21.4. The maximum atomic E-state index is 12.3. The lowest BCUT2D eigenvalue weighted by atomic mass is 10.0. The standard InChI is InChI=1S/C21H14N2O3/c24-20-17-9-1-2-10-18(17)22-19(23-20)15-7-3-5-13(11-15)14-6-4-8-16(12-14)21(25)26/h1-12H,(H,25,26)(H,22,23,24). The van der Waals surface area contributed by atoms with Gasteiger partial charge in [-0.3, -0.25) is 4.79 Å². The van der Waals surface area contributed by atoms with Gasteiger partial charge < -0.3 is 10.1 Å². The van der Waals surface area contributed by atoms with Crippen molar-refractivity contribution in [1.82, 2.24) is 9.97 Å². The second kappa shape index (κ2) is 6.29. The molecule has 2 N–H and O–H groups in total. The molecule has 26 heavy (non-hydrogen) atoms. The van der Waals surface area contributed by atoms with E-state index in [4.69, 9.17) is 0 Å². The highest BCUT2D eigenvalue weighted by Crippen LogP contribution is 2.25. The van der Waals surface area contributed by atoms with Crippen LogP contribution in [0.4, 0.5) is 0 Å². The van der Waals surface area contributed by atoms with Crippen LogP contribution in [0.25, 0.3) is 33.4 Å². The average molecular weight is 342 g/mol. The van der Waals surface area contributed by atoms with E-state index in [-0.39, 0.29) is 11.1 Å². The lowest BCUT2D eigenvalue weighted by Crippen LogP contribution is -2.09. The number of aromatic carboxylic acids is 1. The Morgan fingerprint density at radius 3 is 2.35 bits per heavy atom. The van der Waals surface area contributed by atoms with Crippen LogP contribution < -0.4 is 5.56 Å². The Morgan fingerprint density at radius 1 is 0.846 bits per heavy atom. The van der Waals surface area contributed by atoms with Gasteiger partial charge in [-0.15, -0.1) is 0 Å². The number of para-hydroxylation sites is 1. The van der Waals surface area contributed by atoms with Crippen LogP contribution in [0, 0.1) is 0 Å². The fraction of sp³-hybridized carbons (Fsp3) is 0. The predicted octanol–water partition coefficient (Wildman–Crippen LogP) is 3.96. The number of benzene rings is 3. The fourth-order valence-corrected chi connectivity index (χ4v) is 2.90. The summed E-state index contributed by atoms with van der Waals surface area (Å²) in [4.78, 5) is 30.8. The number of fused-ring (bicyclic) bond motifs is 1. The molecule has 0 spiro atoms. The normalized spacial score (nSPS) is 10.8. The summed E-state index contributed by atoms with van der Waals surface area (Å²) in [5, 5.41) is 9.71. The van der Waals surface area contributed by atoms with E-state index in [2.05, 4.69) is 9.97 Å². The number of hydrogen-bond acceptors (Lipinski definition) is 3. The number of aromatic nitrogens is 2. The summed E-state index contributed by atoms with van der Waals surface area (Å²) in [5.74, 6) is -0.492. The number of H-pyrrole nitrogens is 1. The molecule has 0 fully saturated rings. The molecule has 0 saturated heterocycles. The molecule has 0 aliphatic carbocycles. The molecule has 5 nitrogen and oxygen atoms in total. The first-order chi connectivity index (χ1) is 12.6. The molecule has 0 bridgehead atoms. The second-order valence-electron chi connectivity index (χ2n) is 5.90. The number of carboxylic acid groups (broad SMARTS) is 1. The van der Waals surface area contributed by atoms with Gasteiger partial charge in [0.1, 0.15) is 5.82 Å². The van der Waals surface area contributed by atoms with E-state index in [1.807, 2.05) is 36.4 Å². The van der Waals surface area contributed by atoms with Crippen LogP contribution in [0.1, 0.15) is 10.4 Å². The molecule has 0 radical (unpaired) electrons. The Balaban J connectivity index is 1.83. The number of nitrogens with one attached hydrogen (secondary N) is 1. The summed E-state index contributed by atoms with van der Waals surface area (Å²) >= 11 is 0. The second-order valence-corrected chi connectivity index (χ2v) is 5.90. The van der Waals surface area contributed by atoms with Gasteiger partial charge in [0.15, 0.2) is 0 Å². The van der Waals surface area contributed by atoms with Crippen LogP contribution in [-0.2, 0) is 0 Å². The van der Waals surface area contributed by atoms with Crippen molar-refractivity contribution >= 4 is 16.9 Å². The van der Waals surface area contributed by atoms with Crippen LogP contribution in [0.15, 0.2) is 77.6 Å². The van der Waals surface area contributed by atoms with E-state index >= 15 is 0 Å². The molecule has 0 aliphatic heterocycles. The van der Waals surface area contributed by atoms with Gasteiger partial charge in [0.05, 0.1) is 16.5 Å². The number of hydrogen-bond donors (Lipinski definition) is 2. The highest BCUT2D eigenvalue weighted by Gasteiger charge is 2.08. The highest BCUT2D eigenvalue weighted by molar-refractivity contribution is 5.89. The van der Waals surface area contributed by atoms with Crippen LogP contribution in [0.3, 0.4) is 0 Å². The van der Waals surface area contributed by atoms with E-state index in [9.17, 15) is 14.7 Å². The van der Waals surface area contributed by atoms with E-state index < -0.39 is 5.97 Å². The molecule has 4 aromatic rings. The number of carboxylic acids is 1. The largest absolute Gasteiger partial charge is 0.478 e. The molecule has 5 heteroatoms. The average Bonchev–Trinajstić information content (AvgIpc) is 2.68. The zero-order chi connectivity index (χ0) is 18.1. The van der Waals surface area contributed by atoms with Gasteiger partial charge in [0.2, 0.25) is 0 Å². The van der Waals surface area contributed by atoms with Crippen molar-refractivity contribution in [3.05, 3.63) is 88.7 Å². The topological polar surface area (TPSA) is 83.0 Å². The number of carbonyl (C=O) groups is 1. The van der Waals surface area contributed by atoms with Crippen molar-refractivity contribution in [3.8, 4) is 22.5 Å². The van der Waals surface area contributed by atoms with Gasteiger partial charge in [0.25, 0.3) is 5.56 Å². The first-order valence-electron chi connectivity index (χ1n) is 8.05. The van der Waals surface area contributed by atoms with Crippen molar-refractivity contribution in [1.29, 1.82) is 0 Å². The summed E-state index contributed by atoms with van der Waals surface area (Å²) in [7, 11) is 0. The van der Waals surface area contributed by atoms with Crippen molar-refractivity contribution < 1.29 is 9.90 Å². The van der Waals surface area contributed by atoms with E-state index in [0.29, 0.717) is 16.7 Å². The molecular weight excluding hydrogens is 328 g/mol. The molecule has 4 rings (SSSR count). The van der Waals surface area contributed by atoms with Gasteiger partial charge in [-0.05, 0) is 41.5 Å². The Bertz CT molecular complexity index is 1190. The maximum absolute atomic E-state index is 12.3. The predicted molar refractivity (Wildman–Crippen MR) is 100 cm³/mol. The van der Waals surface area contributed by atoms with Gasteiger partial charge in [0, 0.05) is 5.56 Å². The zero-order valence-corrected chi connectivity index (χ0v) is 13.6. The molecule has 0 amide bonds. The lowest BCUT2D eigenvalue weighted by Gasteiger charge is -2.07. The molecule has 1 aromatic heterocycles. The van der Waals surface area contributed by atoms with Crippen LogP contribution >= 0.6 is 0 Å². The molecule has 0 aliphatic rings. The summed E-state index contributed by atoms with van der Waals surface area (Å²) < 4.78 is 0. The van der Waals surface area contributed by atoms with Crippen LogP contribution in [0.5, 0.6) is 0 Å². The maximum Gasteiger partial charge on any atom is 0.335 e. The molecule has 3 aromatic carbocycles. The molecule has 126 valence electrons. The Morgan fingerprint density at radius 2 is 1.54 bits per heavy atom. The van der Waals surface area contributed by atoms with Crippen molar-refractivity contribution in [2.75, 3.05) is 0 Å². The molecule has 1 heterocycles. The lowest BCUT2D eigenvalue weighted by molar-refractivity contribution is 0.0697. The van der Waals surface area contributed by atoms with Crippen molar-refractivity contribution in [2.45, 2.75) is 0 Å². The van der Waals surface area contributed by atoms with Gasteiger partial charge in [-0.25, -0.2) is 9.78 Å². The van der Waals surface area contributed by atoms with Gasteiger partial charge in [-0.2, -0.15) is 0 Å². The SMILES string of the molecule is O=C(O)c1cccc(-c2cccc(-c3nc4ccccc4c(=O)[nH]3)c2)c1. The number of aromatic amines is 1. The van der Waals surface area contributed by atoms with E-state index in [0.717, 1.165) is 16.7 Å². The number of rotatable bonds is 3. The minimum Gasteiger partial charge on any atom is -0.478 e. The first-order valence-corrected chi connectivity index (χ1v) is 8.05. The van der Waals surface area contributed by atoms with Crippen molar-refractivity contribution in [2.24, 2.45) is 0 Å². The summed E-state index contributed by atoms with van der Waals surface area (Å²) in [5.41, 5.74) is 3.06. The molecule has 0 saturated carbocycles. The van der Waals surface area contributed by atoms with Crippen molar-refractivity contribution in [3.63, 3.8) is 0 Å². The van der Waals surface area contributed by atoms with Crippen LogP contribution in [-0.4, -0.2) is 21.0 Å². The highest BCUT2D eigenvalue weighted by atomic mass is 16.4. The molecule has 0 unspecified atom stereocenters. The van der Waals surface area contributed by atoms with Gasteiger partial charge in [-0.1, -0.05) is 42.5 Å². The number of nitrogens with zero attached hydrogens (tertiary/aromatic N) is 1. The van der Waals surface area contributed by atoms with E-state index in [1.165, 1.54) is 0 Å². The third-order valence-electron chi connectivity index (χ3n) is 4.19. The fourth-order valence-electron chi connectivity index (χ4n) is 2.90. The Labute approximate surface area is 148 Å². The monoisotopic (exact) mass is 342 g/mol. The third kappa shape index (κ3) is 2.86. The summed E-state index contributed by atoms with van der Waals surface area (Å²) in [6.45, 7) is 0. The van der Waals surface area contributed by atoms with E-state index in [1.54, 1.807) is 36.4 Å². The van der Waals surface area contributed by atoms with Crippen LogP contribution in [0.2, 0.25) is 0 Å².